The van der Waals surface area contributed by atoms with E-state index in [2.05, 4.69) is 252 Å². The fourth-order valence-electron chi connectivity index (χ4n) is 9.94. The molecule has 68 heavy (non-hydrogen) atoms. The summed E-state index contributed by atoms with van der Waals surface area (Å²) in [5.74, 6) is 0.666. The van der Waals surface area contributed by atoms with Crippen molar-refractivity contribution in [1.29, 1.82) is 0 Å². The Balaban J connectivity index is 0.962. The van der Waals surface area contributed by atoms with Gasteiger partial charge >= 0.3 is 0 Å². The van der Waals surface area contributed by atoms with Gasteiger partial charge in [-0.05, 0) is 70.6 Å². The minimum absolute atomic E-state index is 0.666. The lowest BCUT2D eigenvalue weighted by atomic mass is 9.95. The number of benzene rings is 9. The van der Waals surface area contributed by atoms with Crippen LogP contribution in [-0.2, 0) is 0 Å². The second kappa shape index (κ2) is 16.4. The first-order valence-corrected chi connectivity index (χ1v) is 23.0. The van der Waals surface area contributed by atoms with Crippen molar-refractivity contribution in [2.75, 3.05) is 0 Å². The monoisotopic (exact) mass is 867 g/mol. The highest BCUT2D eigenvalue weighted by Crippen LogP contribution is 2.42. The highest BCUT2D eigenvalue weighted by molar-refractivity contribution is 6.10. The fraction of sp³-hybridized carbons (Fsp3) is 0. The lowest BCUT2D eigenvalue weighted by Gasteiger charge is -2.13. The van der Waals surface area contributed by atoms with Gasteiger partial charge in [0.25, 0.3) is 0 Å². The van der Waals surface area contributed by atoms with Crippen LogP contribution in [0.25, 0.3) is 122 Å². The van der Waals surface area contributed by atoms with E-state index in [-0.39, 0.29) is 0 Å². The molecule has 4 heterocycles. The van der Waals surface area contributed by atoms with Gasteiger partial charge in [0.2, 0.25) is 0 Å². The van der Waals surface area contributed by atoms with Crippen LogP contribution in [0.15, 0.2) is 249 Å². The Morgan fingerprint density at radius 3 is 1.54 bits per heavy atom. The minimum Gasteiger partial charge on any atom is -0.309 e. The van der Waals surface area contributed by atoms with Crippen LogP contribution < -0.4 is 0 Å². The van der Waals surface area contributed by atoms with Crippen LogP contribution in [0.1, 0.15) is 0 Å². The Morgan fingerprint density at radius 1 is 0.324 bits per heavy atom. The van der Waals surface area contributed by atoms with Crippen molar-refractivity contribution in [3.8, 4) is 84.4 Å². The molecule has 0 aliphatic carbocycles. The van der Waals surface area contributed by atoms with Crippen molar-refractivity contribution in [3.05, 3.63) is 249 Å². The molecule has 0 aliphatic rings. The Morgan fingerprint density at radius 2 is 0.853 bits per heavy atom. The van der Waals surface area contributed by atoms with Gasteiger partial charge < -0.3 is 4.57 Å². The zero-order valence-corrected chi connectivity index (χ0v) is 36.9. The predicted octanol–water partition coefficient (Wildman–Crippen LogP) is 16.0. The lowest BCUT2D eigenvalue weighted by Crippen LogP contribution is -1.98. The fourth-order valence-corrected chi connectivity index (χ4v) is 9.94. The summed E-state index contributed by atoms with van der Waals surface area (Å²) < 4.78 is 4.50. The third-order valence-electron chi connectivity index (χ3n) is 13.1. The normalized spacial score (nSPS) is 11.5. The molecule has 5 heteroatoms. The average Bonchev–Trinajstić information content (AvgIpc) is 3.99. The minimum atomic E-state index is 0.666. The van der Waals surface area contributed by atoms with Crippen LogP contribution in [0.5, 0.6) is 0 Å². The zero-order chi connectivity index (χ0) is 45.0. The predicted molar refractivity (Wildman–Crippen MR) is 281 cm³/mol. The number of nitrogens with zero attached hydrogens (tertiary/aromatic N) is 5. The van der Waals surface area contributed by atoms with Crippen molar-refractivity contribution in [1.82, 2.24) is 24.1 Å². The molecule has 9 aromatic carbocycles. The number of para-hydroxylation sites is 2. The van der Waals surface area contributed by atoms with Crippen molar-refractivity contribution < 1.29 is 0 Å². The molecule has 0 saturated heterocycles. The summed E-state index contributed by atoms with van der Waals surface area (Å²) in [6, 6.07) is 88.0. The van der Waals surface area contributed by atoms with Gasteiger partial charge in [-0.25, -0.2) is 14.5 Å². The molecule has 318 valence electrons. The van der Waals surface area contributed by atoms with Gasteiger partial charge in [-0.2, -0.15) is 5.10 Å². The SMILES string of the molecule is c1ccc(-c2cc(-c3cccc(-n4c5ccccc5c5ccccc54)c3)nc(-c3cccc(-c4ccc5c(c4)cc(-c4ccccc4)n4nc(-c6ccccc6)c(-c6ccccc6)c54)c3)n2)cc1. The highest BCUT2D eigenvalue weighted by Gasteiger charge is 2.22. The molecule has 13 rings (SSSR count). The maximum Gasteiger partial charge on any atom is 0.160 e. The molecule has 13 aromatic rings. The Hall–Kier alpha value is -9.19. The van der Waals surface area contributed by atoms with Crippen LogP contribution >= 0.6 is 0 Å². The number of pyridine rings is 1. The summed E-state index contributed by atoms with van der Waals surface area (Å²) in [5.41, 5.74) is 17.8. The molecular weight excluding hydrogens is 827 g/mol. The molecule has 0 radical (unpaired) electrons. The first-order chi connectivity index (χ1) is 33.7. The summed E-state index contributed by atoms with van der Waals surface area (Å²) in [6.07, 6.45) is 0. The Labute approximate surface area is 393 Å². The van der Waals surface area contributed by atoms with E-state index in [1.165, 1.54) is 21.8 Å². The van der Waals surface area contributed by atoms with Crippen LogP contribution in [-0.4, -0.2) is 24.1 Å². The van der Waals surface area contributed by atoms with Crippen LogP contribution in [0, 0.1) is 0 Å². The van der Waals surface area contributed by atoms with Crippen LogP contribution in [0.3, 0.4) is 0 Å². The maximum atomic E-state index is 5.41. The molecule has 5 nitrogen and oxygen atoms in total. The van der Waals surface area contributed by atoms with Gasteiger partial charge in [0.1, 0.15) is 5.69 Å². The van der Waals surface area contributed by atoms with E-state index >= 15 is 0 Å². The molecule has 0 N–H and O–H groups in total. The third-order valence-corrected chi connectivity index (χ3v) is 13.1. The molecule has 4 aromatic heterocycles. The van der Waals surface area contributed by atoms with E-state index in [0.29, 0.717) is 5.82 Å². The number of rotatable bonds is 8. The molecule has 0 saturated carbocycles. The van der Waals surface area contributed by atoms with E-state index in [4.69, 9.17) is 15.1 Å². The van der Waals surface area contributed by atoms with Gasteiger partial charge in [0.05, 0.1) is 33.6 Å². The molecule has 0 fully saturated rings. The van der Waals surface area contributed by atoms with Crippen molar-refractivity contribution in [2.45, 2.75) is 0 Å². The standard InChI is InChI=1S/C63H41N5/c1-5-19-42(20-6-1)55-41-56(48-28-18-30-51(39-48)67-57-33-15-13-31-53(57)54-32-14-16-34-58(54)67)65-63(64-55)49-29-17-27-46(37-49)47-35-36-52-50(38-47)40-59(43-21-7-2-8-22-43)68-62(52)60(44-23-9-3-10-24-44)61(66-68)45-25-11-4-12-26-45/h1-41H. The average molecular weight is 868 g/mol. The molecule has 0 amide bonds. The van der Waals surface area contributed by atoms with E-state index in [9.17, 15) is 0 Å². The Kier molecular flexibility index (Phi) is 9.43. The van der Waals surface area contributed by atoms with Gasteiger partial charge in [0, 0.05) is 55.2 Å². The van der Waals surface area contributed by atoms with E-state index in [1.54, 1.807) is 0 Å². The second-order valence-electron chi connectivity index (χ2n) is 17.2. The second-order valence-corrected chi connectivity index (χ2v) is 17.2. The zero-order valence-electron chi connectivity index (χ0n) is 36.9. The van der Waals surface area contributed by atoms with E-state index in [1.807, 2.05) is 6.07 Å². The van der Waals surface area contributed by atoms with E-state index in [0.717, 1.165) is 94.8 Å². The summed E-state index contributed by atoms with van der Waals surface area (Å²) >= 11 is 0. The first kappa shape index (κ1) is 39.2. The van der Waals surface area contributed by atoms with Crippen LogP contribution in [0.2, 0.25) is 0 Å². The quantitative estimate of drug-likeness (QED) is 0.153. The largest absolute Gasteiger partial charge is 0.309 e. The first-order valence-electron chi connectivity index (χ1n) is 23.0. The summed E-state index contributed by atoms with van der Waals surface area (Å²) in [7, 11) is 0. The summed E-state index contributed by atoms with van der Waals surface area (Å²) in [6.45, 7) is 0. The van der Waals surface area contributed by atoms with Gasteiger partial charge in [-0.15, -0.1) is 0 Å². The summed E-state index contributed by atoms with van der Waals surface area (Å²) in [5, 5.41) is 10.1. The number of hydrogen-bond acceptors (Lipinski definition) is 3. The third kappa shape index (κ3) is 6.76. The Bertz CT molecular complexity index is 3950. The van der Waals surface area contributed by atoms with Crippen molar-refractivity contribution in [3.63, 3.8) is 0 Å². The molecule has 0 aliphatic heterocycles. The van der Waals surface area contributed by atoms with E-state index < -0.39 is 0 Å². The number of fused-ring (bicyclic) bond motifs is 6. The number of aromatic nitrogens is 5. The topological polar surface area (TPSA) is 48.0 Å². The van der Waals surface area contributed by atoms with Gasteiger partial charge in [-0.1, -0.05) is 200 Å². The lowest BCUT2D eigenvalue weighted by molar-refractivity contribution is 0.979. The maximum absolute atomic E-state index is 5.41. The van der Waals surface area contributed by atoms with Crippen LogP contribution in [0.4, 0.5) is 0 Å². The molecule has 0 unspecified atom stereocenters. The molecule has 0 bridgehead atoms. The molecule has 0 atom stereocenters. The summed E-state index contributed by atoms with van der Waals surface area (Å²) in [4.78, 5) is 10.6. The van der Waals surface area contributed by atoms with Gasteiger partial charge in [0.15, 0.2) is 5.82 Å². The molecule has 0 spiro atoms. The van der Waals surface area contributed by atoms with Crippen molar-refractivity contribution >= 4 is 38.1 Å². The smallest absolute Gasteiger partial charge is 0.160 e. The van der Waals surface area contributed by atoms with Gasteiger partial charge in [-0.3, -0.25) is 0 Å². The molecular formula is C63H41N5. The highest BCUT2D eigenvalue weighted by atomic mass is 15.2. The van der Waals surface area contributed by atoms with Crippen molar-refractivity contribution in [2.24, 2.45) is 0 Å². The number of hydrogen-bond donors (Lipinski definition) is 0.